The Morgan fingerprint density at radius 1 is 1.14 bits per heavy atom. The lowest BCUT2D eigenvalue weighted by atomic mass is 10.00. The molecule has 8 heteroatoms. The summed E-state index contributed by atoms with van der Waals surface area (Å²) in [6, 6.07) is 11.6. The maximum Gasteiger partial charge on any atom is 0.232 e. The topological polar surface area (TPSA) is 68.7 Å². The molecule has 152 valence electrons. The van der Waals surface area contributed by atoms with Crippen molar-refractivity contribution in [3.05, 3.63) is 47.3 Å². The second-order valence-corrected chi connectivity index (χ2v) is 9.63. The van der Waals surface area contributed by atoms with Gasteiger partial charge in [0.2, 0.25) is 10.0 Å². The van der Waals surface area contributed by atoms with Gasteiger partial charge >= 0.3 is 0 Å². The number of para-hydroxylation sites is 1. The van der Waals surface area contributed by atoms with Crippen LogP contribution in [0.3, 0.4) is 0 Å². The van der Waals surface area contributed by atoms with Gasteiger partial charge in [-0.25, -0.2) is 13.4 Å². The number of methoxy groups -OCH3 is 2. The van der Waals surface area contributed by atoms with Gasteiger partial charge in [0.1, 0.15) is 5.01 Å². The molecule has 2 aromatic carbocycles. The monoisotopic (exact) mass is 430 g/mol. The van der Waals surface area contributed by atoms with Crippen molar-refractivity contribution in [2.45, 2.75) is 12.8 Å². The zero-order valence-corrected chi connectivity index (χ0v) is 18.1. The number of nitrogens with zero attached hydrogens (tertiary/aromatic N) is 2. The number of aromatic nitrogens is 1. The number of hydrogen-bond acceptors (Lipinski definition) is 6. The Hall–Kier alpha value is -2.58. The summed E-state index contributed by atoms with van der Waals surface area (Å²) in [5, 5.41) is 2.85. The van der Waals surface area contributed by atoms with Crippen LogP contribution in [0.15, 0.2) is 41.8 Å². The number of aryl methyl sites for hydroxylation is 1. The molecule has 0 N–H and O–H groups in total. The molecule has 29 heavy (non-hydrogen) atoms. The number of hydrogen-bond donors (Lipinski definition) is 0. The standard InChI is InChI=1S/C21H22N2O4S2/c1-26-19-8-4-7-16(20(19)27-2)21-22-17(13-28-21)14-9-10-18-15(12-14)6-5-11-23(18)29(3,24)25/h4,7-10,12-13H,5-6,11H2,1-3H3. The van der Waals surface area contributed by atoms with Gasteiger partial charge in [-0.1, -0.05) is 12.1 Å². The van der Waals surface area contributed by atoms with E-state index in [1.807, 2.05) is 41.8 Å². The summed E-state index contributed by atoms with van der Waals surface area (Å²) in [6.07, 6.45) is 2.92. The molecular formula is C21H22N2O4S2. The van der Waals surface area contributed by atoms with E-state index in [1.54, 1.807) is 14.2 Å². The first-order valence-electron chi connectivity index (χ1n) is 9.20. The molecule has 3 aromatic rings. The zero-order chi connectivity index (χ0) is 20.6. The second-order valence-electron chi connectivity index (χ2n) is 6.86. The van der Waals surface area contributed by atoms with Crippen molar-refractivity contribution < 1.29 is 17.9 Å². The smallest absolute Gasteiger partial charge is 0.232 e. The third-order valence-corrected chi connectivity index (χ3v) is 7.04. The molecule has 0 saturated carbocycles. The minimum absolute atomic E-state index is 0.529. The summed E-state index contributed by atoms with van der Waals surface area (Å²) in [4.78, 5) is 4.80. The van der Waals surface area contributed by atoms with Gasteiger partial charge in [-0.2, -0.15) is 0 Å². The van der Waals surface area contributed by atoms with Crippen LogP contribution in [0.25, 0.3) is 21.8 Å². The van der Waals surface area contributed by atoms with Crippen molar-refractivity contribution >= 4 is 27.0 Å². The number of anilines is 1. The molecular weight excluding hydrogens is 408 g/mol. The molecule has 0 bridgehead atoms. The predicted octanol–water partition coefficient (Wildman–Crippen LogP) is 4.21. The SMILES string of the molecule is COc1cccc(-c2nc(-c3ccc4c(c3)CCCN4S(C)(=O)=O)cs2)c1OC. The third kappa shape index (κ3) is 3.70. The van der Waals surface area contributed by atoms with Crippen LogP contribution in [0.1, 0.15) is 12.0 Å². The summed E-state index contributed by atoms with van der Waals surface area (Å²) < 4.78 is 36.6. The van der Waals surface area contributed by atoms with E-state index in [4.69, 9.17) is 14.5 Å². The summed E-state index contributed by atoms with van der Waals surface area (Å²) in [5.41, 5.74) is 4.52. The highest BCUT2D eigenvalue weighted by Gasteiger charge is 2.24. The molecule has 1 aliphatic rings. The first kappa shape index (κ1) is 19.7. The molecule has 0 atom stereocenters. The van der Waals surface area contributed by atoms with Crippen LogP contribution in [0.4, 0.5) is 5.69 Å². The van der Waals surface area contributed by atoms with E-state index in [0.717, 1.165) is 45.9 Å². The highest BCUT2D eigenvalue weighted by atomic mass is 32.2. The normalized spacial score (nSPS) is 13.8. The molecule has 1 aliphatic heterocycles. The fourth-order valence-electron chi connectivity index (χ4n) is 3.65. The Morgan fingerprint density at radius 3 is 2.69 bits per heavy atom. The zero-order valence-electron chi connectivity index (χ0n) is 16.5. The molecule has 0 fully saturated rings. The number of sulfonamides is 1. The van der Waals surface area contributed by atoms with Gasteiger partial charge in [0, 0.05) is 17.5 Å². The molecule has 2 heterocycles. The highest BCUT2D eigenvalue weighted by Crippen LogP contribution is 2.40. The molecule has 6 nitrogen and oxygen atoms in total. The lowest BCUT2D eigenvalue weighted by Crippen LogP contribution is -2.34. The van der Waals surface area contributed by atoms with E-state index in [2.05, 4.69) is 0 Å². The Bertz CT molecular complexity index is 1160. The number of thiazole rings is 1. The summed E-state index contributed by atoms with van der Waals surface area (Å²) >= 11 is 1.54. The van der Waals surface area contributed by atoms with Gasteiger partial charge in [0.05, 0.1) is 37.4 Å². The van der Waals surface area contributed by atoms with Gasteiger partial charge < -0.3 is 9.47 Å². The van der Waals surface area contributed by atoms with Crippen molar-refractivity contribution in [2.75, 3.05) is 31.3 Å². The number of benzene rings is 2. The summed E-state index contributed by atoms with van der Waals surface area (Å²) in [7, 11) is -0.0382. The predicted molar refractivity (Wildman–Crippen MR) is 117 cm³/mol. The maximum absolute atomic E-state index is 12.1. The fraction of sp³-hybridized carbons (Fsp3) is 0.286. The second kappa shape index (κ2) is 7.68. The molecule has 0 amide bonds. The Balaban J connectivity index is 1.71. The van der Waals surface area contributed by atoms with Gasteiger partial charge in [0.15, 0.2) is 11.5 Å². The molecule has 0 radical (unpaired) electrons. The number of ether oxygens (including phenoxy) is 2. The van der Waals surface area contributed by atoms with Crippen LogP contribution in [0.2, 0.25) is 0 Å². The number of fused-ring (bicyclic) bond motifs is 1. The summed E-state index contributed by atoms with van der Waals surface area (Å²) in [6.45, 7) is 0.529. The largest absolute Gasteiger partial charge is 0.493 e. The van der Waals surface area contributed by atoms with E-state index < -0.39 is 10.0 Å². The van der Waals surface area contributed by atoms with Crippen molar-refractivity contribution in [3.8, 4) is 33.3 Å². The lowest BCUT2D eigenvalue weighted by Gasteiger charge is -2.29. The van der Waals surface area contributed by atoms with Crippen LogP contribution in [0.5, 0.6) is 11.5 Å². The van der Waals surface area contributed by atoms with Crippen LogP contribution in [-0.2, 0) is 16.4 Å². The maximum atomic E-state index is 12.1. The fourth-order valence-corrected chi connectivity index (χ4v) is 5.50. The first-order valence-corrected chi connectivity index (χ1v) is 11.9. The minimum Gasteiger partial charge on any atom is -0.493 e. The van der Waals surface area contributed by atoms with Gasteiger partial charge in [-0.05, 0) is 42.7 Å². The number of rotatable bonds is 5. The molecule has 1 aromatic heterocycles. The highest BCUT2D eigenvalue weighted by molar-refractivity contribution is 7.92. The van der Waals surface area contributed by atoms with Crippen molar-refractivity contribution in [2.24, 2.45) is 0 Å². The van der Waals surface area contributed by atoms with Crippen LogP contribution in [0, 0.1) is 0 Å². The average Bonchev–Trinajstić information content (AvgIpc) is 3.21. The van der Waals surface area contributed by atoms with E-state index in [9.17, 15) is 8.42 Å². The van der Waals surface area contributed by atoms with Gasteiger partial charge in [-0.3, -0.25) is 4.31 Å². The van der Waals surface area contributed by atoms with E-state index in [-0.39, 0.29) is 0 Å². The van der Waals surface area contributed by atoms with Gasteiger partial charge in [-0.15, -0.1) is 11.3 Å². The molecule has 0 unspecified atom stereocenters. The Morgan fingerprint density at radius 2 is 1.97 bits per heavy atom. The molecule has 4 rings (SSSR count). The average molecular weight is 431 g/mol. The summed E-state index contributed by atoms with van der Waals surface area (Å²) in [5.74, 6) is 1.32. The van der Waals surface area contributed by atoms with E-state index >= 15 is 0 Å². The van der Waals surface area contributed by atoms with Crippen molar-refractivity contribution in [1.82, 2.24) is 4.98 Å². The van der Waals surface area contributed by atoms with Crippen LogP contribution >= 0.6 is 11.3 Å². The Kier molecular flexibility index (Phi) is 5.23. The quantitative estimate of drug-likeness (QED) is 0.607. The van der Waals surface area contributed by atoms with Crippen molar-refractivity contribution in [3.63, 3.8) is 0 Å². The molecule has 0 aliphatic carbocycles. The van der Waals surface area contributed by atoms with Gasteiger partial charge in [0.25, 0.3) is 0 Å². The third-order valence-electron chi connectivity index (χ3n) is 4.99. The minimum atomic E-state index is -3.27. The van der Waals surface area contributed by atoms with Crippen LogP contribution < -0.4 is 13.8 Å². The Labute approximate surface area is 174 Å². The molecule has 0 saturated heterocycles. The molecule has 0 spiro atoms. The lowest BCUT2D eigenvalue weighted by molar-refractivity contribution is 0.356. The van der Waals surface area contributed by atoms with Crippen LogP contribution in [-0.4, -0.2) is 40.4 Å². The van der Waals surface area contributed by atoms with E-state index in [1.165, 1.54) is 21.9 Å². The van der Waals surface area contributed by atoms with Crippen molar-refractivity contribution in [1.29, 1.82) is 0 Å². The van der Waals surface area contributed by atoms with E-state index in [0.29, 0.717) is 18.0 Å². The first-order chi connectivity index (χ1) is 13.9.